The molecule has 0 atom stereocenters. The number of hydrogen-bond acceptors (Lipinski definition) is 3. The largest absolute Gasteiger partial charge is 0.489 e. The van der Waals surface area contributed by atoms with Crippen LogP contribution in [0.5, 0.6) is 5.75 Å². The van der Waals surface area contributed by atoms with Crippen LogP contribution in [-0.2, 0) is 6.61 Å². The summed E-state index contributed by atoms with van der Waals surface area (Å²) in [6, 6.07) is 4.42. The van der Waals surface area contributed by atoms with E-state index >= 15 is 0 Å². The third-order valence-corrected chi connectivity index (χ3v) is 2.53. The molecule has 1 heterocycles. The zero-order chi connectivity index (χ0) is 12.3. The highest BCUT2D eigenvalue weighted by molar-refractivity contribution is 9.10. The van der Waals surface area contributed by atoms with Crippen LogP contribution >= 0.6 is 15.9 Å². The Morgan fingerprint density at radius 3 is 2.59 bits per heavy atom. The first-order valence-electron chi connectivity index (χ1n) is 5.00. The molecular weight excluding hydrogens is 287 g/mol. The van der Waals surface area contributed by atoms with Crippen molar-refractivity contribution < 1.29 is 9.13 Å². The van der Waals surface area contributed by atoms with E-state index < -0.39 is 0 Å². The summed E-state index contributed by atoms with van der Waals surface area (Å²) in [5.41, 5.74) is 0.844. The standard InChI is InChI=1S/C12H10BrFN2O/c1-8-15-5-9(6-16-8)7-17-12-3-10(13)2-11(14)4-12/h2-6H,7H2,1H3. The van der Waals surface area contributed by atoms with E-state index in [-0.39, 0.29) is 5.82 Å². The van der Waals surface area contributed by atoms with Crippen LogP contribution in [0, 0.1) is 12.7 Å². The maximum atomic E-state index is 13.1. The average molecular weight is 297 g/mol. The Hall–Kier alpha value is -1.49. The van der Waals surface area contributed by atoms with Gasteiger partial charge in [-0.25, -0.2) is 14.4 Å². The van der Waals surface area contributed by atoms with Gasteiger partial charge in [0.2, 0.25) is 0 Å². The third-order valence-electron chi connectivity index (χ3n) is 2.08. The van der Waals surface area contributed by atoms with Crippen molar-refractivity contribution in [2.45, 2.75) is 13.5 Å². The number of hydrogen-bond donors (Lipinski definition) is 0. The van der Waals surface area contributed by atoms with Gasteiger partial charge < -0.3 is 4.74 Å². The van der Waals surface area contributed by atoms with E-state index in [1.807, 2.05) is 6.92 Å². The molecule has 0 aliphatic heterocycles. The van der Waals surface area contributed by atoms with Crippen LogP contribution in [0.3, 0.4) is 0 Å². The number of halogens is 2. The average Bonchev–Trinajstić information content (AvgIpc) is 2.27. The number of benzene rings is 1. The molecule has 2 rings (SSSR count). The minimum absolute atomic E-state index is 0.316. The molecule has 1 aromatic heterocycles. The number of rotatable bonds is 3. The first-order valence-corrected chi connectivity index (χ1v) is 5.79. The predicted molar refractivity (Wildman–Crippen MR) is 65.2 cm³/mol. The minimum atomic E-state index is -0.338. The van der Waals surface area contributed by atoms with Gasteiger partial charge in [0.25, 0.3) is 0 Å². The Labute approximate surface area is 107 Å². The van der Waals surface area contributed by atoms with Gasteiger partial charge in [-0.3, -0.25) is 0 Å². The van der Waals surface area contributed by atoms with Gasteiger partial charge in [-0.2, -0.15) is 0 Å². The summed E-state index contributed by atoms with van der Waals surface area (Å²) >= 11 is 3.20. The van der Waals surface area contributed by atoms with Crippen molar-refractivity contribution >= 4 is 15.9 Å². The van der Waals surface area contributed by atoms with E-state index in [1.54, 1.807) is 18.5 Å². The third kappa shape index (κ3) is 3.49. The second-order valence-corrected chi connectivity index (χ2v) is 4.45. The molecule has 3 nitrogen and oxygen atoms in total. The molecule has 0 fully saturated rings. The van der Waals surface area contributed by atoms with Crippen LogP contribution in [0.4, 0.5) is 4.39 Å². The molecule has 1 aromatic carbocycles. The fourth-order valence-corrected chi connectivity index (χ4v) is 1.72. The molecule has 88 valence electrons. The predicted octanol–water partition coefficient (Wildman–Crippen LogP) is 3.27. The molecule has 0 unspecified atom stereocenters. The highest BCUT2D eigenvalue weighted by Gasteiger charge is 2.01. The Morgan fingerprint density at radius 1 is 1.24 bits per heavy atom. The van der Waals surface area contributed by atoms with Gasteiger partial charge in [-0.05, 0) is 19.1 Å². The van der Waals surface area contributed by atoms with E-state index in [4.69, 9.17) is 4.74 Å². The normalized spacial score (nSPS) is 10.3. The van der Waals surface area contributed by atoms with E-state index in [9.17, 15) is 4.39 Å². The smallest absolute Gasteiger partial charge is 0.128 e. The summed E-state index contributed by atoms with van der Waals surface area (Å²) in [6.45, 7) is 2.13. The van der Waals surface area contributed by atoms with Crippen LogP contribution in [-0.4, -0.2) is 9.97 Å². The van der Waals surface area contributed by atoms with Crippen LogP contribution in [0.25, 0.3) is 0 Å². The summed E-state index contributed by atoms with van der Waals surface area (Å²) < 4.78 is 19.2. The van der Waals surface area contributed by atoms with Crippen molar-refractivity contribution in [2.24, 2.45) is 0 Å². The molecule has 17 heavy (non-hydrogen) atoms. The maximum Gasteiger partial charge on any atom is 0.128 e. The second-order valence-electron chi connectivity index (χ2n) is 3.53. The van der Waals surface area contributed by atoms with Crippen LogP contribution in [0.2, 0.25) is 0 Å². The quantitative estimate of drug-likeness (QED) is 0.872. The molecule has 0 spiro atoms. The SMILES string of the molecule is Cc1ncc(COc2cc(F)cc(Br)c2)cn1. The minimum Gasteiger partial charge on any atom is -0.489 e. The Balaban J connectivity index is 2.04. The zero-order valence-corrected chi connectivity index (χ0v) is 10.7. The summed E-state index contributed by atoms with van der Waals surface area (Å²) in [5, 5.41) is 0. The van der Waals surface area contributed by atoms with Crippen molar-refractivity contribution in [2.75, 3.05) is 0 Å². The van der Waals surface area contributed by atoms with Gasteiger partial charge in [0.1, 0.15) is 24.0 Å². The van der Waals surface area contributed by atoms with E-state index in [1.165, 1.54) is 12.1 Å². The molecule has 0 saturated carbocycles. The van der Waals surface area contributed by atoms with E-state index in [0.717, 1.165) is 5.56 Å². The topological polar surface area (TPSA) is 35.0 Å². The van der Waals surface area contributed by atoms with Gasteiger partial charge in [0, 0.05) is 28.5 Å². The van der Waals surface area contributed by atoms with Gasteiger partial charge >= 0.3 is 0 Å². The number of ether oxygens (including phenoxy) is 1. The molecule has 0 aliphatic carbocycles. The van der Waals surface area contributed by atoms with Crippen molar-refractivity contribution in [3.8, 4) is 5.75 Å². The summed E-state index contributed by atoms with van der Waals surface area (Å²) in [6.07, 6.45) is 3.38. The molecule has 2 aromatic rings. The van der Waals surface area contributed by atoms with Crippen LogP contribution in [0.1, 0.15) is 11.4 Å². The number of nitrogens with zero attached hydrogens (tertiary/aromatic N) is 2. The fraction of sp³-hybridized carbons (Fsp3) is 0.167. The highest BCUT2D eigenvalue weighted by atomic mass is 79.9. The molecule has 0 radical (unpaired) electrons. The summed E-state index contributed by atoms with van der Waals surface area (Å²) in [7, 11) is 0. The van der Waals surface area contributed by atoms with Gasteiger partial charge in [-0.15, -0.1) is 0 Å². The lowest BCUT2D eigenvalue weighted by molar-refractivity contribution is 0.303. The van der Waals surface area contributed by atoms with Crippen molar-refractivity contribution in [1.29, 1.82) is 0 Å². The molecule has 0 saturated heterocycles. The summed E-state index contributed by atoms with van der Waals surface area (Å²) in [4.78, 5) is 8.10. The van der Waals surface area contributed by atoms with Crippen LogP contribution in [0.15, 0.2) is 35.1 Å². The van der Waals surface area contributed by atoms with Gasteiger partial charge in [0.05, 0.1) is 0 Å². The van der Waals surface area contributed by atoms with E-state index in [0.29, 0.717) is 22.7 Å². The lowest BCUT2D eigenvalue weighted by Gasteiger charge is -2.06. The van der Waals surface area contributed by atoms with Crippen molar-refractivity contribution in [3.05, 3.63) is 52.3 Å². The number of aryl methyl sites for hydroxylation is 1. The van der Waals surface area contributed by atoms with Crippen molar-refractivity contribution in [3.63, 3.8) is 0 Å². The molecule has 0 aliphatic rings. The maximum absolute atomic E-state index is 13.1. The zero-order valence-electron chi connectivity index (χ0n) is 9.15. The Kier molecular flexibility index (Phi) is 3.68. The monoisotopic (exact) mass is 296 g/mol. The molecule has 0 amide bonds. The highest BCUT2D eigenvalue weighted by Crippen LogP contribution is 2.21. The Bertz CT molecular complexity index is 496. The Morgan fingerprint density at radius 2 is 1.94 bits per heavy atom. The second kappa shape index (κ2) is 5.23. The molecule has 0 N–H and O–H groups in total. The van der Waals surface area contributed by atoms with Gasteiger partial charge in [-0.1, -0.05) is 15.9 Å². The van der Waals surface area contributed by atoms with Crippen molar-refractivity contribution in [1.82, 2.24) is 9.97 Å². The fourth-order valence-electron chi connectivity index (χ4n) is 1.27. The van der Waals surface area contributed by atoms with Gasteiger partial charge in [0.15, 0.2) is 0 Å². The molecule has 0 bridgehead atoms. The first-order chi connectivity index (χ1) is 8.13. The first kappa shape index (κ1) is 12.0. The van der Waals surface area contributed by atoms with E-state index in [2.05, 4.69) is 25.9 Å². The lowest BCUT2D eigenvalue weighted by Crippen LogP contribution is -1.98. The summed E-state index contributed by atoms with van der Waals surface area (Å²) in [5.74, 6) is 0.842. The molecular formula is C12H10BrFN2O. The number of aromatic nitrogens is 2. The van der Waals surface area contributed by atoms with Crippen LogP contribution < -0.4 is 4.74 Å². The molecule has 5 heteroatoms. The lowest BCUT2D eigenvalue weighted by atomic mass is 10.3.